The van der Waals surface area contributed by atoms with Crippen LogP contribution in [-0.2, 0) is 110 Å². The second-order valence-corrected chi connectivity index (χ2v) is 32.7. The SMILES string of the molecule is CSCC[C@H](NC(=O)[C@@H](NC(=O)[C@H](CCC(N)=O)NC(=O)[C@H](CCC(N)=O)NC(=O)CNC(=O)[C@@H](NC(=O)[C@H](CC(C)C)NC(=O)[C@H](CCCNC(=N)N)NC(=O)[C@H](CC(C)C)NC(=O)[C@H](CCC(=O)O)NC(=O)CNC(=O)[C@H](CCC(=O)O)NC(=O)[C@H](C)N)C(C)C)C(C)C)C(=O)N[C@@H](CCC(N)=O)C(=O)NCC(=O)N[C@@H](CC(=O)O)C(=O)N1CCC[C@H]1C(=O)O. The predicted octanol–water partition coefficient (Wildman–Crippen LogP) is -9.00. The molecule has 50 nitrogen and oxygen atoms in total. The molecule has 0 aromatic carbocycles. The number of hydrogen-bond donors (Lipinski definition) is 26. The number of amides is 19. The average molecular weight is 1830 g/mol. The first-order valence-electron chi connectivity index (χ1n) is 41.1. The maximum atomic E-state index is 14.5. The van der Waals surface area contributed by atoms with Crippen molar-refractivity contribution in [3.8, 4) is 0 Å². The van der Waals surface area contributed by atoms with Crippen LogP contribution < -0.4 is 114 Å². The van der Waals surface area contributed by atoms with Crippen molar-refractivity contribution >= 4 is 154 Å². The van der Waals surface area contributed by atoms with Crippen LogP contribution in [0.15, 0.2) is 0 Å². The molecule has 19 amide bonds. The van der Waals surface area contributed by atoms with E-state index in [1.54, 1.807) is 34.0 Å². The molecule has 31 N–H and O–H groups in total. The Kier molecular flexibility index (Phi) is 51.2. The van der Waals surface area contributed by atoms with Gasteiger partial charge in [-0.1, -0.05) is 55.4 Å². The Hall–Kier alpha value is -12.6. The number of carboxylic acids is 4. The minimum Gasteiger partial charge on any atom is -0.481 e. The molecule has 0 aliphatic carbocycles. The van der Waals surface area contributed by atoms with Crippen LogP contribution in [-0.4, -0.2) is 297 Å². The van der Waals surface area contributed by atoms with Gasteiger partial charge in [-0.05, 0) is 120 Å². The second kappa shape index (κ2) is 57.8. The van der Waals surface area contributed by atoms with Crippen molar-refractivity contribution in [1.29, 1.82) is 5.41 Å². The summed E-state index contributed by atoms with van der Waals surface area (Å²) in [6.45, 7) is 11.1. The fourth-order valence-electron chi connectivity index (χ4n) is 12.4. The second-order valence-electron chi connectivity index (χ2n) is 31.7. The van der Waals surface area contributed by atoms with Crippen molar-refractivity contribution in [2.45, 2.75) is 262 Å². The molecule has 1 heterocycles. The van der Waals surface area contributed by atoms with Gasteiger partial charge in [0.2, 0.25) is 112 Å². The molecule has 0 spiro atoms. The van der Waals surface area contributed by atoms with E-state index in [1.807, 2.05) is 0 Å². The maximum absolute atomic E-state index is 14.5. The lowest BCUT2D eigenvalue weighted by Gasteiger charge is -2.29. The number of nitrogens with one attached hydrogen (secondary N) is 17. The summed E-state index contributed by atoms with van der Waals surface area (Å²) < 4.78 is 0. The van der Waals surface area contributed by atoms with Crippen LogP contribution in [0.4, 0.5) is 0 Å². The summed E-state index contributed by atoms with van der Waals surface area (Å²) in [7, 11) is 0. The summed E-state index contributed by atoms with van der Waals surface area (Å²) in [5.74, 6) is -27.8. The number of carbonyl (C=O) groups is 23. The number of aliphatic carboxylic acids is 4. The third-order valence-corrected chi connectivity index (χ3v) is 19.7. The minimum atomic E-state index is -1.77. The number of hydrogen-bond acceptors (Lipinski definition) is 26. The molecule has 0 aromatic heterocycles. The molecule has 0 radical (unpaired) electrons. The lowest BCUT2D eigenvalue weighted by Crippen LogP contribution is -2.61. The van der Waals surface area contributed by atoms with Crippen LogP contribution >= 0.6 is 11.8 Å². The fourth-order valence-corrected chi connectivity index (χ4v) is 12.9. The van der Waals surface area contributed by atoms with Crippen LogP contribution in [0.5, 0.6) is 0 Å². The molecule has 1 rings (SSSR count). The first-order valence-corrected chi connectivity index (χ1v) is 42.5. The molecule has 51 heteroatoms. The van der Waals surface area contributed by atoms with Crippen molar-refractivity contribution in [2.75, 3.05) is 44.7 Å². The Morgan fingerprint density at radius 1 is 0.378 bits per heavy atom. The van der Waals surface area contributed by atoms with E-state index < -0.39 is 329 Å². The van der Waals surface area contributed by atoms with Crippen LogP contribution in [0, 0.1) is 29.1 Å². The first-order chi connectivity index (χ1) is 59.3. The zero-order valence-electron chi connectivity index (χ0n) is 72.8. The highest BCUT2D eigenvalue weighted by Gasteiger charge is 2.41. The van der Waals surface area contributed by atoms with Gasteiger partial charge in [0.15, 0.2) is 5.96 Å². The van der Waals surface area contributed by atoms with Crippen LogP contribution in [0.2, 0.25) is 0 Å². The van der Waals surface area contributed by atoms with Gasteiger partial charge in [0.1, 0.15) is 78.5 Å². The molecule has 0 unspecified atom stereocenters. The highest BCUT2D eigenvalue weighted by Crippen LogP contribution is 2.21. The number of nitrogens with two attached hydrogens (primary N) is 5. The van der Waals surface area contributed by atoms with Gasteiger partial charge < -0.3 is 139 Å². The molecule has 1 fully saturated rings. The molecule has 714 valence electrons. The molecule has 0 bridgehead atoms. The van der Waals surface area contributed by atoms with E-state index in [-0.39, 0.29) is 75.6 Å². The smallest absolute Gasteiger partial charge is 0.326 e. The van der Waals surface area contributed by atoms with Gasteiger partial charge in [-0.15, -0.1) is 0 Å². The lowest BCUT2D eigenvalue weighted by molar-refractivity contribution is -0.150. The van der Waals surface area contributed by atoms with Gasteiger partial charge >= 0.3 is 23.9 Å². The fraction of sp³-hybridized carbons (Fsp3) is 0.684. The Morgan fingerprint density at radius 3 is 1.06 bits per heavy atom. The monoisotopic (exact) mass is 1830 g/mol. The van der Waals surface area contributed by atoms with E-state index >= 15 is 0 Å². The van der Waals surface area contributed by atoms with E-state index in [2.05, 4.69) is 85.1 Å². The third-order valence-electron chi connectivity index (χ3n) is 19.1. The van der Waals surface area contributed by atoms with Crippen LogP contribution in [0.1, 0.15) is 178 Å². The van der Waals surface area contributed by atoms with E-state index in [1.165, 1.54) is 46.4 Å². The molecule has 14 atom stereocenters. The predicted molar refractivity (Wildman–Crippen MR) is 450 cm³/mol. The number of thioether (sulfide) groups is 1. The summed E-state index contributed by atoms with van der Waals surface area (Å²) in [5, 5.41) is 83.9. The van der Waals surface area contributed by atoms with E-state index in [9.17, 15) is 131 Å². The molecule has 127 heavy (non-hydrogen) atoms. The minimum absolute atomic E-state index is 0.0236. The van der Waals surface area contributed by atoms with Gasteiger partial charge in [0, 0.05) is 45.2 Å². The van der Waals surface area contributed by atoms with Crippen molar-refractivity contribution in [3.05, 3.63) is 0 Å². The summed E-state index contributed by atoms with van der Waals surface area (Å²) in [4.78, 5) is 305. The van der Waals surface area contributed by atoms with Crippen molar-refractivity contribution < 1.29 is 131 Å². The van der Waals surface area contributed by atoms with E-state index in [0.29, 0.717) is 0 Å². The first kappa shape index (κ1) is 112. The Bertz CT molecular complexity index is 3910. The Labute approximate surface area is 736 Å². The van der Waals surface area contributed by atoms with Crippen molar-refractivity contribution in [1.82, 2.24) is 90.0 Å². The summed E-state index contributed by atoms with van der Waals surface area (Å²) in [6.07, 6.45) is -5.13. The normalized spacial score (nSPS) is 15.3. The Morgan fingerprint density at radius 2 is 0.701 bits per heavy atom. The molecule has 1 saturated heterocycles. The quantitative estimate of drug-likeness (QED) is 0.0153. The number of primary amides is 3. The highest BCUT2D eigenvalue weighted by atomic mass is 32.2. The number of rotatable bonds is 62. The van der Waals surface area contributed by atoms with Crippen LogP contribution in [0.25, 0.3) is 0 Å². The molecule has 1 aliphatic heterocycles. The molecular formula is C76H127N23O27S. The lowest BCUT2D eigenvalue weighted by atomic mass is 9.99. The summed E-state index contributed by atoms with van der Waals surface area (Å²) in [6, 6.07) is -21.7. The maximum Gasteiger partial charge on any atom is 0.326 e. The standard InChI is InChI=1S/C76H127N23O27S/c1-35(2)29-47(95-67(117)44(19-24-58(108)109)88-54(103)32-84-64(114)42(18-23-57(106)107)90-62(112)39(9)77)70(120)91-40(13-11-26-83-76(81)82)65(115)96-48(30-36(3)4)71(121)97-60(37(5)6)72(122)86-34-55(104)87-43(16-21-52(79)101)66(116)93-45(17-22-53(80)102)69(119)98-61(38(7)8)73(123)94-46(25-28-127-10)68(118)92-41(15-20-51(78)100)63(113)85-33-56(105)89-49(31-59(110)111)74(124)99-27-12-14-50(99)75(125)126/h35-50,60-61H,11-34,77H2,1-10H3,(H2,78,100)(H2,79,101)(H2,80,102)(H,84,114)(H,85,113)(H,86,122)(H,87,104)(H,88,103)(H,89,105)(H,90,112)(H,91,120)(H,92,118)(H,93,116)(H,94,123)(H,95,117)(H,96,115)(H,97,121)(H,98,119)(H,106,107)(H,108,109)(H,110,111)(H,125,126)(H4,81,82,83)/t39-,40-,41-,42-,43-,44-,45-,46-,47-,48-,49-,50-,60-,61-/m0/s1. The topological polar surface area (TPSA) is 823 Å². The van der Waals surface area contributed by atoms with Gasteiger partial charge in [-0.25, -0.2) is 4.79 Å². The number of carbonyl (C=O) groups excluding carboxylic acids is 19. The molecule has 1 aliphatic rings. The van der Waals surface area contributed by atoms with Gasteiger partial charge in [-0.2, -0.15) is 11.8 Å². The van der Waals surface area contributed by atoms with E-state index in [0.717, 1.165) is 4.90 Å². The van der Waals surface area contributed by atoms with Gasteiger partial charge in [0.25, 0.3) is 0 Å². The third kappa shape index (κ3) is 45.2. The average Bonchev–Trinajstić information content (AvgIpc) is 1.02. The number of carboxylic acid groups (broad SMARTS) is 4. The molecule has 0 saturated carbocycles. The summed E-state index contributed by atoms with van der Waals surface area (Å²) >= 11 is 1.22. The Balaban J connectivity index is 3.54. The van der Waals surface area contributed by atoms with Crippen molar-refractivity contribution in [2.24, 2.45) is 52.3 Å². The van der Waals surface area contributed by atoms with Crippen LogP contribution in [0.3, 0.4) is 0 Å². The number of guanidine groups is 1. The number of likely N-dealkylation sites (tertiary alicyclic amines) is 1. The largest absolute Gasteiger partial charge is 0.481 e. The number of nitrogens with zero attached hydrogens (tertiary/aromatic N) is 1. The molecule has 0 aromatic rings. The highest BCUT2D eigenvalue weighted by molar-refractivity contribution is 7.98. The zero-order valence-corrected chi connectivity index (χ0v) is 73.6. The van der Waals surface area contributed by atoms with E-state index in [4.69, 9.17) is 34.1 Å². The van der Waals surface area contributed by atoms with Crippen molar-refractivity contribution in [3.63, 3.8) is 0 Å². The summed E-state index contributed by atoms with van der Waals surface area (Å²) in [5.41, 5.74) is 27.3. The zero-order chi connectivity index (χ0) is 96.8. The van der Waals surface area contributed by atoms with Gasteiger partial charge in [0.05, 0.1) is 32.1 Å². The molecular weight excluding hydrogens is 1700 g/mol. The van der Waals surface area contributed by atoms with Gasteiger partial charge in [-0.3, -0.25) is 111 Å².